The van der Waals surface area contributed by atoms with Crippen molar-refractivity contribution in [2.45, 2.75) is 64.1 Å². The van der Waals surface area contributed by atoms with Gasteiger partial charge in [-0.1, -0.05) is 6.92 Å². The number of carbonyl (C=O) groups is 1. The number of anilines is 2. The average molecular weight is 436 g/mol. The van der Waals surface area contributed by atoms with Crippen molar-refractivity contribution >= 4 is 23.1 Å². The summed E-state index contributed by atoms with van der Waals surface area (Å²) in [5, 5.41) is 12.1. The van der Waals surface area contributed by atoms with Gasteiger partial charge in [-0.05, 0) is 51.0 Å². The van der Waals surface area contributed by atoms with Gasteiger partial charge in [-0.25, -0.2) is 9.50 Å². The summed E-state index contributed by atoms with van der Waals surface area (Å²) in [6.45, 7) is 5.84. The van der Waals surface area contributed by atoms with Gasteiger partial charge >= 0.3 is 0 Å². The molecule has 1 N–H and O–H groups in total. The van der Waals surface area contributed by atoms with E-state index in [9.17, 15) is 4.79 Å². The van der Waals surface area contributed by atoms with E-state index in [1.54, 1.807) is 10.7 Å². The number of hydrogen-bond donors (Lipinski definition) is 1. The molecule has 1 saturated carbocycles. The number of amides is 1. The van der Waals surface area contributed by atoms with Gasteiger partial charge in [0, 0.05) is 18.9 Å². The summed E-state index contributed by atoms with van der Waals surface area (Å²) in [5.74, 6) is 1.45. The Morgan fingerprint density at radius 3 is 2.81 bits per heavy atom. The first-order chi connectivity index (χ1) is 15.5. The quantitative estimate of drug-likeness (QED) is 0.677. The van der Waals surface area contributed by atoms with Crippen LogP contribution in [0.5, 0.6) is 0 Å². The van der Waals surface area contributed by atoms with Crippen LogP contribution in [0.25, 0.3) is 5.65 Å². The topological polar surface area (TPSA) is 89.6 Å². The molecular formula is C23H29N7O2. The van der Waals surface area contributed by atoms with Crippen molar-refractivity contribution in [3.63, 3.8) is 0 Å². The molecule has 0 spiro atoms. The number of nitrogens with one attached hydrogen (secondary N) is 1. The number of carbonyl (C=O) groups excluding carboxylic acids is 1. The SMILES string of the molecule is Cc1nn(C2CCC(C)CC2)cc1NC(=O)c1cnn2ccc(N3C[C@H]4C[C@@H]3CO4)nc12. The van der Waals surface area contributed by atoms with Crippen LogP contribution in [0, 0.1) is 12.8 Å². The van der Waals surface area contributed by atoms with Crippen LogP contribution in [0.3, 0.4) is 0 Å². The minimum atomic E-state index is -0.212. The van der Waals surface area contributed by atoms with E-state index in [0.29, 0.717) is 23.3 Å². The molecule has 3 fully saturated rings. The predicted octanol–water partition coefficient (Wildman–Crippen LogP) is 3.22. The van der Waals surface area contributed by atoms with E-state index in [4.69, 9.17) is 14.8 Å². The molecule has 9 heteroatoms. The molecule has 3 aromatic rings. The summed E-state index contributed by atoms with van der Waals surface area (Å²) in [6.07, 6.45) is 11.5. The maximum atomic E-state index is 13.2. The Balaban J connectivity index is 1.23. The van der Waals surface area contributed by atoms with Gasteiger partial charge in [-0.2, -0.15) is 10.2 Å². The van der Waals surface area contributed by atoms with Crippen LogP contribution in [0.15, 0.2) is 24.7 Å². The van der Waals surface area contributed by atoms with E-state index in [1.807, 2.05) is 30.1 Å². The first kappa shape index (κ1) is 19.7. The van der Waals surface area contributed by atoms with Crippen molar-refractivity contribution in [2.75, 3.05) is 23.4 Å². The lowest BCUT2D eigenvalue weighted by Gasteiger charge is -2.27. The Morgan fingerprint density at radius 2 is 2.06 bits per heavy atom. The van der Waals surface area contributed by atoms with Crippen LogP contribution >= 0.6 is 0 Å². The molecule has 2 aliphatic heterocycles. The van der Waals surface area contributed by atoms with Crippen LogP contribution in [-0.4, -0.2) is 55.6 Å². The molecule has 3 aromatic heterocycles. The number of fused-ring (bicyclic) bond motifs is 3. The van der Waals surface area contributed by atoms with Gasteiger partial charge in [-0.15, -0.1) is 0 Å². The fraction of sp³-hybridized carbons (Fsp3) is 0.565. The van der Waals surface area contributed by atoms with E-state index in [2.05, 4.69) is 22.2 Å². The number of aryl methyl sites for hydroxylation is 1. The van der Waals surface area contributed by atoms with Crippen molar-refractivity contribution in [3.05, 3.63) is 35.9 Å². The smallest absolute Gasteiger partial charge is 0.261 e. The van der Waals surface area contributed by atoms with Gasteiger partial charge in [0.2, 0.25) is 0 Å². The number of rotatable bonds is 4. The highest BCUT2D eigenvalue weighted by molar-refractivity contribution is 6.08. The van der Waals surface area contributed by atoms with E-state index in [-0.39, 0.29) is 12.0 Å². The third-order valence-corrected chi connectivity index (χ3v) is 7.32. The van der Waals surface area contributed by atoms with E-state index in [0.717, 1.165) is 55.5 Å². The molecule has 5 heterocycles. The van der Waals surface area contributed by atoms with Gasteiger partial charge in [0.15, 0.2) is 5.65 Å². The molecule has 3 aliphatic rings. The van der Waals surface area contributed by atoms with E-state index >= 15 is 0 Å². The molecular weight excluding hydrogens is 406 g/mol. The third-order valence-electron chi connectivity index (χ3n) is 7.32. The Morgan fingerprint density at radius 1 is 1.22 bits per heavy atom. The largest absolute Gasteiger partial charge is 0.374 e. The number of aromatic nitrogens is 5. The average Bonchev–Trinajstić information content (AvgIpc) is 3.58. The second-order valence-corrected chi connectivity index (χ2v) is 9.59. The standard InChI is InChI=1S/C23H29N7O2/c1-14-3-5-16(6-4-14)30-12-20(15(2)27-30)25-23(31)19-10-24-29-8-7-21(26-22(19)29)28-11-18-9-17(28)13-32-18/h7-8,10,12,14,16-18H,3-6,9,11,13H2,1-2H3,(H,25,31)/t14?,16?,17-,18-/m1/s1. The zero-order chi connectivity index (χ0) is 21.8. The first-order valence-corrected chi connectivity index (χ1v) is 11.6. The summed E-state index contributed by atoms with van der Waals surface area (Å²) >= 11 is 0. The first-order valence-electron chi connectivity index (χ1n) is 11.6. The molecule has 1 amide bonds. The maximum absolute atomic E-state index is 13.2. The highest BCUT2D eigenvalue weighted by atomic mass is 16.5. The molecule has 2 bridgehead atoms. The van der Waals surface area contributed by atoms with Gasteiger partial charge in [0.05, 0.1) is 42.4 Å². The Hall–Kier alpha value is -2.94. The zero-order valence-corrected chi connectivity index (χ0v) is 18.6. The van der Waals surface area contributed by atoms with Crippen LogP contribution in [0.1, 0.15) is 61.1 Å². The van der Waals surface area contributed by atoms with E-state index < -0.39 is 0 Å². The van der Waals surface area contributed by atoms with Crippen molar-refractivity contribution in [1.82, 2.24) is 24.4 Å². The van der Waals surface area contributed by atoms with Gasteiger partial charge < -0.3 is 15.0 Å². The lowest BCUT2D eigenvalue weighted by molar-refractivity contribution is 0.0988. The predicted molar refractivity (Wildman–Crippen MR) is 120 cm³/mol. The maximum Gasteiger partial charge on any atom is 0.261 e. The third kappa shape index (κ3) is 3.35. The second-order valence-electron chi connectivity index (χ2n) is 9.59. The summed E-state index contributed by atoms with van der Waals surface area (Å²) < 4.78 is 9.40. The highest BCUT2D eigenvalue weighted by Gasteiger charge is 2.39. The Labute approximate surface area is 186 Å². The summed E-state index contributed by atoms with van der Waals surface area (Å²) in [6, 6.07) is 2.74. The fourth-order valence-electron chi connectivity index (χ4n) is 5.35. The second kappa shape index (κ2) is 7.58. The molecule has 0 radical (unpaired) electrons. The number of nitrogens with zero attached hydrogens (tertiary/aromatic N) is 6. The lowest BCUT2D eigenvalue weighted by Crippen LogP contribution is -2.37. The summed E-state index contributed by atoms with van der Waals surface area (Å²) in [7, 11) is 0. The molecule has 2 saturated heterocycles. The molecule has 0 aromatic carbocycles. The minimum Gasteiger partial charge on any atom is -0.374 e. The normalized spacial score (nSPS) is 27.4. The van der Waals surface area contributed by atoms with Crippen molar-refractivity contribution in [2.24, 2.45) is 5.92 Å². The monoisotopic (exact) mass is 435 g/mol. The highest BCUT2D eigenvalue weighted by Crippen LogP contribution is 2.33. The molecule has 1 aliphatic carbocycles. The lowest BCUT2D eigenvalue weighted by atomic mass is 9.87. The molecule has 168 valence electrons. The van der Waals surface area contributed by atoms with Crippen LogP contribution in [0.4, 0.5) is 11.5 Å². The van der Waals surface area contributed by atoms with Gasteiger partial charge in [-0.3, -0.25) is 9.48 Å². The molecule has 9 nitrogen and oxygen atoms in total. The zero-order valence-electron chi connectivity index (χ0n) is 18.6. The van der Waals surface area contributed by atoms with Crippen molar-refractivity contribution < 1.29 is 9.53 Å². The van der Waals surface area contributed by atoms with E-state index in [1.165, 1.54) is 12.8 Å². The Bertz CT molecular complexity index is 1160. The van der Waals surface area contributed by atoms with Crippen LogP contribution in [-0.2, 0) is 4.74 Å². The van der Waals surface area contributed by atoms with Gasteiger partial charge in [0.25, 0.3) is 5.91 Å². The minimum absolute atomic E-state index is 0.212. The molecule has 0 unspecified atom stereocenters. The number of hydrogen-bond acceptors (Lipinski definition) is 6. The van der Waals surface area contributed by atoms with Crippen LogP contribution in [0.2, 0.25) is 0 Å². The fourth-order valence-corrected chi connectivity index (χ4v) is 5.35. The number of ether oxygens (including phenoxy) is 1. The molecule has 2 atom stereocenters. The van der Waals surface area contributed by atoms with Crippen molar-refractivity contribution in [3.8, 4) is 0 Å². The number of morpholine rings is 1. The van der Waals surface area contributed by atoms with Gasteiger partial charge in [0.1, 0.15) is 11.4 Å². The summed E-state index contributed by atoms with van der Waals surface area (Å²) in [4.78, 5) is 20.2. The molecule has 6 rings (SSSR count). The van der Waals surface area contributed by atoms with Crippen molar-refractivity contribution in [1.29, 1.82) is 0 Å². The Kier molecular flexibility index (Phi) is 4.67. The van der Waals surface area contributed by atoms with Crippen LogP contribution < -0.4 is 10.2 Å². The molecule has 32 heavy (non-hydrogen) atoms. The summed E-state index contributed by atoms with van der Waals surface area (Å²) in [5.41, 5.74) is 2.61.